The molecule has 0 atom stereocenters. The lowest BCUT2D eigenvalue weighted by atomic mass is 10.2. The third kappa shape index (κ3) is 2.50. The molecule has 0 aliphatic rings. The summed E-state index contributed by atoms with van der Waals surface area (Å²) in [5, 5.41) is 0. The zero-order valence-electron chi connectivity index (χ0n) is 10.3. The van der Waals surface area contributed by atoms with Gasteiger partial charge >= 0.3 is 0 Å². The van der Waals surface area contributed by atoms with Crippen molar-refractivity contribution >= 4 is 0 Å². The molecule has 0 aliphatic heterocycles. The molecule has 0 aliphatic carbocycles. The van der Waals surface area contributed by atoms with Crippen LogP contribution in [-0.4, -0.2) is 11.7 Å². The van der Waals surface area contributed by atoms with E-state index in [9.17, 15) is 0 Å². The van der Waals surface area contributed by atoms with Gasteiger partial charge in [-0.1, -0.05) is 12.1 Å². The predicted molar refractivity (Wildman–Crippen MR) is 69.2 cm³/mol. The highest BCUT2D eigenvalue weighted by atomic mass is 16.5. The molecule has 2 rings (SSSR count). The number of hydrogen-bond donors (Lipinski definition) is 1. The van der Waals surface area contributed by atoms with Gasteiger partial charge < -0.3 is 15.0 Å². The van der Waals surface area contributed by atoms with Gasteiger partial charge in [0.1, 0.15) is 5.75 Å². The molecular weight excluding hydrogens is 212 g/mol. The van der Waals surface area contributed by atoms with Gasteiger partial charge in [0.05, 0.1) is 7.11 Å². The van der Waals surface area contributed by atoms with Crippen LogP contribution >= 0.6 is 0 Å². The molecule has 0 radical (unpaired) electrons. The molecular formula is C14H18N2O. The summed E-state index contributed by atoms with van der Waals surface area (Å²) in [4.78, 5) is 0. The number of hydrogen-bond acceptors (Lipinski definition) is 2. The molecule has 0 saturated carbocycles. The van der Waals surface area contributed by atoms with Crippen LogP contribution < -0.4 is 10.5 Å². The van der Waals surface area contributed by atoms with E-state index in [4.69, 9.17) is 10.5 Å². The van der Waals surface area contributed by atoms with Crippen molar-refractivity contribution < 1.29 is 4.74 Å². The van der Waals surface area contributed by atoms with Gasteiger partial charge in [-0.25, -0.2) is 0 Å². The van der Waals surface area contributed by atoms with Crippen LogP contribution in [0, 0.1) is 6.92 Å². The molecule has 2 aromatic rings. The second-order valence-corrected chi connectivity index (χ2v) is 4.11. The summed E-state index contributed by atoms with van der Waals surface area (Å²) in [6, 6.07) is 10.2. The van der Waals surface area contributed by atoms with Crippen LogP contribution in [0.5, 0.6) is 5.75 Å². The summed E-state index contributed by atoms with van der Waals surface area (Å²) in [5.74, 6) is 0.895. The Bertz CT molecular complexity index is 503. The highest BCUT2D eigenvalue weighted by Gasteiger charge is 2.04. The Kier molecular flexibility index (Phi) is 3.49. The lowest BCUT2D eigenvalue weighted by Crippen LogP contribution is -2.03. The third-order valence-electron chi connectivity index (χ3n) is 3.06. The van der Waals surface area contributed by atoms with Crippen LogP contribution in [0.4, 0.5) is 0 Å². The van der Waals surface area contributed by atoms with Crippen LogP contribution in [0.1, 0.15) is 16.8 Å². The quantitative estimate of drug-likeness (QED) is 0.875. The molecule has 1 aromatic carbocycles. The highest BCUT2D eigenvalue weighted by Crippen LogP contribution is 2.16. The molecule has 3 nitrogen and oxygen atoms in total. The SMILES string of the molecule is COc1cccc(Cn2ccc(CN)c2C)c1. The minimum absolute atomic E-state index is 0.594. The van der Waals surface area contributed by atoms with Gasteiger partial charge in [-0.15, -0.1) is 0 Å². The molecule has 2 N–H and O–H groups in total. The molecule has 17 heavy (non-hydrogen) atoms. The van der Waals surface area contributed by atoms with Crippen molar-refractivity contribution in [1.29, 1.82) is 0 Å². The van der Waals surface area contributed by atoms with Crippen LogP contribution in [0.25, 0.3) is 0 Å². The third-order valence-corrected chi connectivity index (χ3v) is 3.06. The van der Waals surface area contributed by atoms with E-state index in [0.717, 1.165) is 12.3 Å². The lowest BCUT2D eigenvalue weighted by Gasteiger charge is -2.08. The van der Waals surface area contributed by atoms with Crippen LogP contribution in [0.2, 0.25) is 0 Å². The number of ether oxygens (including phenoxy) is 1. The Morgan fingerprint density at radius 3 is 2.76 bits per heavy atom. The summed E-state index contributed by atoms with van der Waals surface area (Å²) in [6.07, 6.45) is 2.08. The van der Waals surface area contributed by atoms with E-state index < -0.39 is 0 Å². The normalized spacial score (nSPS) is 10.5. The average molecular weight is 230 g/mol. The fourth-order valence-electron chi connectivity index (χ4n) is 1.95. The van der Waals surface area contributed by atoms with E-state index in [-0.39, 0.29) is 0 Å². The molecule has 0 unspecified atom stereocenters. The molecule has 0 saturated heterocycles. The Labute approximate surface area is 102 Å². The summed E-state index contributed by atoms with van der Waals surface area (Å²) in [6.45, 7) is 3.54. The van der Waals surface area contributed by atoms with E-state index >= 15 is 0 Å². The van der Waals surface area contributed by atoms with Gasteiger partial charge in [0.15, 0.2) is 0 Å². The van der Waals surface area contributed by atoms with E-state index in [1.54, 1.807) is 7.11 Å². The first kappa shape index (κ1) is 11.7. The van der Waals surface area contributed by atoms with Crippen LogP contribution in [-0.2, 0) is 13.1 Å². The summed E-state index contributed by atoms with van der Waals surface area (Å²) >= 11 is 0. The van der Waals surface area contributed by atoms with Crippen LogP contribution in [0.15, 0.2) is 36.5 Å². The van der Waals surface area contributed by atoms with Crippen molar-refractivity contribution in [2.75, 3.05) is 7.11 Å². The fourth-order valence-corrected chi connectivity index (χ4v) is 1.95. The number of nitrogens with two attached hydrogens (primary N) is 1. The first-order valence-electron chi connectivity index (χ1n) is 5.72. The number of nitrogens with zero attached hydrogens (tertiary/aromatic N) is 1. The van der Waals surface area contributed by atoms with Gasteiger partial charge in [-0.3, -0.25) is 0 Å². The Hall–Kier alpha value is -1.74. The molecule has 90 valence electrons. The van der Waals surface area contributed by atoms with E-state index in [2.05, 4.69) is 35.9 Å². The van der Waals surface area contributed by atoms with E-state index in [1.165, 1.54) is 16.8 Å². The van der Waals surface area contributed by atoms with Crippen LogP contribution in [0.3, 0.4) is 0 Å². The minimum Gasteiger partial charge on any atom is -0.497 e. The Balaban J connectivity index is 2.22. The van der Waals surface area contributed by atoms with Crippen molar-refractivity contribution in [2.45, 2.75) is 20.0 Å². The van der Waals surface area contributed by atoms with Gasteiger partial charge in [0, 0.05) is 25.0 Å². The van der Waals surface area contributed by atoms with Crippen molar-refractivity contribution in [2.24, 2.45) is 5.73 Å². The molecule has 1 heterocycles. The zero-order valence-corrected chi connectivity index (χ0v) is 10.3. The number of methoxy groups -OCH3 is 1. The summed E-state index contributed by atoms with van der Waals surface area (Å²) in [5.41, 5.74) is 9.33. The van der Waals surface area contributed by atoms with E-state index in [0.29, 0.717) is 6.54 Å². The summed E-state index contributed by atoms with van der Waals surface area (Å²) < 4.78 is 7.43. The Morgan fingerprint density at radius 2 is 2.12 bits per heavy atom. The summed E-state index contributed by atoms with van der Waals surface area (Å²) in [7, 11) is 1.69. The predicted octanol–water partition coefficient (Wildman–Crippen LogP) is 2.31. The first-order chi connectivity index (χ1) is 8.24. The second kappa shape index (κ2) is 5.06. The zero-order chi connectivity index (χ0) is 12.3. The van der Waals surface area contributed by atoms with E-state index in [1.807, 2.05) is 12.1 Å². The average Bonchev–Trinajstić information content (AvgIpc) is 2.71. The van der Waals surface area contributed by atoms with Crippen molar-refractivity contribution in [1.82, 2.24) is 4.57 Å². The monoisotopic (exact) mass is 230 g/mol. The molecule has 0 amide bonds. The second-order valence-electron chi connectivity index (χ2n) is 4.11. The highest BCUT2D eigenvalue weighted by molar-refractivity contribution is 5.30. The number of benzene rings is 1. The number of rotatable bonds is 4. The van der Waals surface area contributed by atoms with Crippen molar-refractivity contribution in [3.05, 3.63) is 53.3 Å². The maximum absolute atomic E-state index is 5.67. The molecule has 0 bridgehead atoms. The molecule has 1 aromatic heterocycles. The maximum Gasteiger partial charge on any atom is 0.119 e. The van der Waals surface area contributed by atoms with Gasteiger partial charge in [-0.2, -0.15) is 0 Å². The van der Waals surface area contributed by atoms with Gasteiger partial charge in [0.25, 0.3) is 0 Å². The van der Waals surface area contributed by atoms with Crippen molar-refractivity contribution in [3.63, 3.8) is 0 Å². The maximum atomic E-state index is 5.67. The lowest BCUT2D eigenvalue weighted by molar-refractivity contribution is 0.414. The smallest absolute Gasteiger partial charge is 0.119 e. The topological polar surface area (TPSA) is 40.2 Å². The minimum atomic E-state index is 0.594. The van der Waals surface area contributed by atoms with Crippen molar-refractivity contribution in [3.8, 4) is 5.75 Å². The molecule has 0 fully saturated rings. The molecule has 3 heteroatoms. The van der Waals surface area contributed by atoms with Gasteiger partial charge in [0.2, 0.25) is 0 Å². The fraction of sp³-hybridized carbons (Fsp3) is 0.286. The largest absolute Gasteiger partial charge is 0.497 e. The molecule has 0 spiro atoms. The number of aromatic nitrogens is 1. The first-order valence-corrected chi connectivity index (χ1v) is 5.72. The van der Waals surface area contributed by atoms with Gasteiger partial charge in [-0.05, 0) is 36.2 Å². The Morgan fingerprint density at radius 1 is 1.29 bits per heavy atom. The standard InChI is InChI=1S/C14H18N2O/c1-11-13(9-15)6-7-16(11)10-12-4-3-5-14(8-12)17-2/h3-8H,9-10,15H2,1-2H3.